The number of aryl methyl sites for hydroxylation is 1. The second-order valence-corrected chi connectivity index (χ2v) is 7.12. The summed E-state index contributed by atoms with van der Waals surface area (Å²) in [5, 5.41) is 3.96. The molecule has 0 bridgehead atoms. The lowest BCUT2D eigenvalue weighted by atomic mass is 10.1. The molecule has 0 aliphatic heterocycles. The van der Waals surface area contributed by atoms with E-state index in [9.17, 15) is 4.79 Å². The van der Waals surface area contributed by atoms with E-state index in [1.54, 1.807) is 29.9 Å². The van der Waals surface area contributed by atoms with Crippen LogP contribution in [0.5, 0.6) is 0 Å². The van der Waals surface area contributed by atoms with Crippen LogP contribution in [-0.2, 0) is 6.54 Å². The highest BCUT2D eigenvalue weighted by Gasteiger charge is 2.09. The van der Waals surface area contributed by atoms with Gasteiger partial charge in [0.1, 0.15) is 0 Å². The van der Waals surface area contributed by atoms with Crippen LogP contribution < -0.4 is 5.32 Å². The van der Waals surface area contributed by atoms with Crippen molar-refractivity contribution < 1.29 is 4.79 Å². The normalized spacial score (nSPS) is 10.8. The lowest BCUT2D eigenvalue weighted by molar-refractivity contribution is 0.0951. The third kappa shape index (κ3) is 3.45. The van der Waals surface area contributed by atoms with Crippen LogP contribution in [0.3, 0.4) is 0 Å². The van der Waals surface area contributed by atoms with Crippen molar-refractivity contribution in [2.24, 2.45) is 0 Å². The Morgan fingerprint density at radius 3 is 2.92 bits per heavy atom. The van der Waals surface area contributed by atoms with E-state index in [0.717, 1.165) is 32.0 Å². The van der Waals surface area contributed by atoms with E-state index in [1.807, 2.05) is 49.4 Å². The summed E-state index contributed by atoms with van der Waals surface area (Å²) < 4.78 is 1.03. The number of thiazole rings is 1. The van der Waals surface area contributed by atoms with Gasteiger partial charge < -0.3 is 5.32 Å². The van der Waals surface area contributed by atoms with Gasteiger partial charge in [-0.3, -0.25) is 14.8 Å². The number of aromatic nitrogens is 3. The van der Waals surface area contributed by atoms with Gasteiger partial charge in [-0.2, -0.15) is 0 Å². The average Bonchev–Trinajstić information content (AvgIpc) is 3.06. The summed E-state index contributed by atoms with van der Waals surface area (Å²) >= 11 is 1.59. The molecule has 5 nitrogen and oxygen atoms in total. The van der Waals surface area contributed by atoms with Crippen molar-refractivity contribution >= 4 is 27.5 Å². The van der Waals surface area contributed by atoms with Gasteiger partial charge in [0.25, 0.3) is 5.91 Å². The molecular formula is C20H16N4OS. The predicted octanol–water partition coefficient (Wildman–Crippen LogP) is 3.99. The molecule has 128 valence electrons. The number of amides is 1. The summed E-state index contributed by atoms with van der Waals surface area (Å²) in [5.74, 6) is -0.0994. The quantitative estimate of drug-likeness (QED) is 0.597. The molecule has 26 heavy (non-hydrogen) atoms. The van der Waals surface area contributed by atoms with Gasteiger partial charge in [0.15, 0.2) is 0 Å². The van der Waals surface area contributed by atoms with E-state index < -0.39 is 0 Å². The summed E-state index contributed by atoms with van der Waals surface area (Å²) in [6.45, 7) is 2.40. The van der Waals surface area contributed by atoms with Crippen molar-refractivity contribution in [2.45, 2.75) is 13.5 Å². The van der Waals surface area contributed by atoms with Crippen molar-refractivity contribution in [3.63, 3.8) is 0 Å². The summed E-state index contributed by atoms with van der Waals surface area (Å²) in [6.07, 6.45) is 5.25. The number of carbonyl (C=O) groups excluding carboxylic acids is 1. The van der Waals surface area contributed by atoms with Gasteiger partial charge in [0, 0.05) is 36.3 Å². The summed E-state index contributed by atoms with van der Waals surface area (Å²) in [4.78, 5) is 25.4. The Hall–Kier alpha value is -3.12. The van der Waals surface area contributed by atoms with E-state index in [1.165, 1.54) is 0 Å². The van der Waals surface area contributed by atoms with Crippen molar-refractivity contribution in [3.8, 4) is 11.3 Å². The molecule has 4 rings (SSSR count). The largest absolute Gasteiger partial charge is 0.348 e. The number of nitrogens with one attached hydrogen (secondary N) is 1. The number of rotatable bonds is 4. The van der Waals surface area contributed by atoms with Crippen LogP contribution in [0.15, 0.2) is 61.1 Å². The Morgan fingerprint density at radius 1 is 1.15 bits per heavy atom. The van der Waals surface area contributed by atoms with Crippen LogP contribution in [-0.4, -0.2) is 20.9 Å². The fraction of sp³-hybridized carbons (Fsp3) is 0.100. The van der Waals surface area contributed by atoms with Gasteiger partial charge in [-0.25, -0.2) is 4.98 Å². The molecule has 1 aromatic carbocycles. The molecule has 0 spiro atoms. The molecule has 0 fully saturated rings. The number of pyridine rings is 2. The van der Waals surface area contributed by atoms with E-state index >= 15 is 0 Å². The Morgan fingerprint density at radius 2 is 2.08 bits per heavy atom. The van der Waals surface area contributed by atoms with Crippen LogP contribution in [0.4, 0.5) is 0 Å². The number of hydrogen-bond acceptors (Lipinski definition) is 5. The number of fused-ring (bicyclic) bond motifs is 1. The Bertz CT molecular complexity index is 1080. The summed E-state index contributed by atoms with van der Waals surface area (Å²) in [7, 11) is 0. The van der Waals surface area contributed by atoms with E-state index in [0.29, 0.717) is 12.1 Å². The standard InChI is InChI=1S/C20H16N4OS/c1-13-24-17-5-4-15(10-19(17)26-13)20(25)23-11-14-6-8-22-18(9-14)16-3-2-7-21-12-16/h2-10,12H,11H2,1H3,(H,23,25). The third-order valence-electron chi connectivity index (χ3n) is 3.99. The first-order valence-electron chi connectivity index (χ1n) is 8.20. The lowest BCUT2D eigenvalue weighted by Gasteiger charge is -2.07. The fourth-order valence-electron chi connectivity index (χ4n) is 2.72. The van der Waals surface area contributed by atoms with Gasteiger partial charge >= 0.3 is 0 Å². The molecule has 0 saturated carbocycles. The first-order valence-corrected chi connectivity index (χ1v) is 9.01. The second kappa shape index (κ2) is 7.01. The van der Waals surface area contributed by atoms with Crippen LogP contribution in [0.25, 0.3) is 21.5 Å². The summed E-state index contributed by atoms with van der Waals surface area (Å²) in [5.41, 5.74) is 4.35. The maximum Gasteiger partial charge on any atom is 0.251 e. The molecule has 4 aromatic rings. The molecule has 1 N–H and O–H groups in total. The molecular weight excluding hydrogens is 344 g/mol. The number of nitrogens with zero attached hydrogens (tertiary/aromatic N) is 3. The van der Waals surface area contributed by atoms with Gasteiger partial charge in [0.2, 0.25) is 0 Å². The molecule has 0 aliphatic rings. The summed E-state index contributed by atoms with van der Waals surface area (Å²) in [6, 6.07) is 13.3. The smallest absolute Gasteiger partial charge is 0.251 e. The molecule has 1 amide bonds. The van der Waals surface area contributed by atoms with Crippen molar-refractivity contribution in [1.29, 1.82) is 0 Å². The molecule has 0 atom stereocenters. The molecule has 0 radical (unpaired) electrons. The van der Waals surface area contributed by atoms with E-state index in [4.69, 9.17) is 0 Å². The predicted molar refractivity (Wildman–Crippen MR) is 103 cm³/mol. The first-order chi connectivity index (χ1) is 12.7. The highest BCUT2D eigenvalue weighted by atomic mass is 32.1. The molecule has 0 unspecified atom stereocenters. The van der Waals surface area contributed by atoms with Crippen molar-refractivity contribution in [1.82, 2.24) is 20.3 Å². The van der Waals surface area contributed by atoms with Gasteiger partial charge in [0.05, 0.1) is 20.9 Å². The zero-order chi connectivity index (χ0) is 17.9. The minimum absolute atomic E-state index is 0.0994. The lowest BCUT2D eigenvalue weighted by Crippen LogP contribution is -2.22. The third-order valence-corrected chi connectivity index (χ3v) is 4.93. The maximum absolute atomic E-state index is 12.5. The van der Waals surface area contributed by atoms with Crippen LogP contribution in [0.1, 0.15) is 20.9 Å². The minimum atomic E-state index is -0.0994. The minimum Gasteiger partial charge on any atom is -0.348 e. The Labute approximate surface area is 154 Å². The molecule has 3 heterocycles. The van der Waals surface area contributed by atoms with E-state index in [2.05, 4.69) is 20.3 Å². The van der Waals surface area contributed by atoms with Gasteiger partial charge in [-0.15, -0.1) is 11.3 Å². The molecule has 0 saturated heterocycles. The van der Waals surface area contributed by atoms with Crippen LogP contribution in [0, 0.1) is 6.92 Å². The van der Waals surface area contributed by atoms with Crippen molar-refractivity contribution in [2.75, 3.05) is 0 Å². The monoisotopic (exact) mass is 360 g/mol. The molecule has 6 heteroatoms. The Kier molecular flexibility index (Phi) is 4.41. The zero-order valence-electron chi connectivity index (χ0n) is 14.1. The maximum atomic E-state index is 12.5. The van der Waals surface area contributed by atoms with Crippen LogP contribution >= 0.6 is 11.3 Å². The average molecular weight is 360 g/mol. The number of carbonyl (C=O) groups is 1. The number of benzene rings is 1. The zero-order valence-corrected chi connectivity index (χ0v) is 15.0. The van der Waals surface area contributed by atoms with Gasteiger partial charge in [-0.1, -0.05) is 0 Å². The van der Waals surface area contributed by atoms with Crippen LogP contribution in [0.2, 0.25) is 0 Å². The SMILES string of the molecule is Cc1nc2ccc(C(=O)NCc3ccnc(-c4cccnc4)c3)cc2s1. The molecule has 0 aliphatic carbocycles. The topological polar surface area (TPSA) is 67.8 Å². The van der Waals surface area contributed by atoms with E-state index in [-0.39, 0.29) is 5.91 Å². The molecule has 3 aromatic heterocycles. The van der Waals surface area contributed by atoms with Crippen molar-refractivity contribution in [3.05, 3.63) is 77.2 Å². The first kappa shape index (κ1) is 16.4. The number of hydrogen-bond donors (Lipinski definition) is 1. The highest BCUT2D eigenvalue weighted by Crippen LogP contribution is 2.22. The highest BCUT2D eigenvalue weighted by molar-refractivity contribution is 7.18. The Balaban J connectivity index is 1.48. The fourth-order valence-corrected chi connectivity index (χ4v) is 3.59. The second-order valence-electron chi connectivity index (χ2n) is 5.89. The van der Waals surface area contributed by atoms with Gasteiger partial charge in [-0.05, 0) is 55.0 Å².